The van der Waals surface area contributed by atoms with Gasteiger partial charge in [0.25, 0.3) is 15.9 Å². The Kier molecular flexibility index (Phi) is 4.29. The maximum absolute atomic E-state index is 13.2. The quantitative estimate of drug-likeness (QED) is 0.722. The summed E-state index contributed by atoms with van der Waals surface area (Å²) in [5.74, 6) is -0.198. The Labute approximate surface area is 157 Å². The van der Waals surface area contributed by atoms with Crippen LogP contribution in [0.1, 0.15) is 27.2 Å². The molecular weight excluding hydrogens is 364 g/mol. The Morgan fingerprint density at radius 2 is 1.89 bits per heavy atom. The van der Waals surface area contributed by atoms with Crippen LogP contribution in [-0.4, -0.2) is 23.5 Å². The number of carbonyl (C=O) groups excluding carboxylic acids is 1. The van der Waals surface area contributed by atoms with Gasteiger partial charge >= 0.3 is 0 Å². The van der Waals surface area contributed by atoms with Crippen molar-refractivity contribution in [3.05, 3.63) is 77.0 Å². The number of hydrogen-bond acceptors (Lipinski definition) is 5. The SMILES string of the molecule is Cc1cccc(S(=O)(=O)n2nc3c(c2NC(=O)c2ccccc2)CNC3)c1. The van der Waals surface area contributed by atoms with Crippen LogP contribution in [0.4, 0.5) is 5.82 Å². The predicted molar refractivity (Wildman–Crippen MR) is 101 cm³/mol. The third kappa shape index (κ3) is 3.13. The Hall–Kier alpha value is -2.97. The monoisotopic (exact) mass is 382 g/mol. The van der Waals surface area contributed by atoms with Gasteiger partial charge in [-0.3, -0.25) is 4.79 Å². The zero-order valence-electron chi connectivity index (χ0n) is 14.6. The third-order valence-corrected chi connectivity index (χ3v) is 5.98. The van der Waals surface area contributed by atoms with Gasteiger partial charge in [-0.15, -0.1) is 4.09 Å². The average molecular weight is 382 g/mol. The van der Waals surface area contributed by atoms with E-state index < -0.39 is 10.0 Å². The van der Waals surface area contributed by atoms with Crippen molar-refractivity contribution in [2.24, 2.45) is 0 Å². The fourth-order valence-electron chi connectivity index (χ4n) is 3.05. The van der Waals surface area contributed by atoms with Crippen molar-refractivity contribution >= 4 is 21.7 Å². The highest BCUT2D eigenvalue weighted by molar-refractivity contribution is 7.90. The van der Waals surface area contributed by atoms with E-state index in [1.165, 1.54) is 6.07 Å². The van der Waals surface area contributed by atoms with Crippen LogP contribution in [0, 0.1) is 6.92 Å². The summed E-state index contributed by atoms with van der Waals surface area (Å²) in [5, 5.41) is 10.1. The van der Waals surface area contributed by atoms with Gasteiger partial charge in [0.05, 0.1) is 10.6 Å². The zero-order valence-corrected chi connectivity index (χ0v) is 15.5. The molecule has 1 amide bonds. The van der Waals surface area contributed by atoms with E-state index in [0.29, 0.717) is 29.9 Å². The zero-order chi connectivity index (χ0) is 19.0. The Bertz CT molecular complexity index is 1120. The molecule has 138 valence electrons. The van der Waals surface area contributed by atoms with E-state index in [4.69, 9.17) is 0 Å². The third-order valence-electron chi connectivity index (χ3n) is 4.41. The van der Waals surface area contributed by atoms with Crippen LogP contribution in [-0.2, 0) is 23.1 Å². The molecule has 7 nitrogen and oxygen atoms in total. The number of aryl methyl sites for hydroxylation is 1. The fraction of sp³-hybridized carbons (Fsp3) is 0.158. The van der Waals surface area contributed by atoms with Gasteiger partial charge in [0.1, 0.15) is 0 Å². The van der Waals surface area contributed by atoms with E-state index in [9.17, 15) is 13.2 Å². The molecular formula is C19H18N4O3S. The normalized spacial score (nSPS) is 13.4. The number of carbonyl (C=O) groups is 1. The molecule has 4 rings (SSSR count). The number of aromatic nitrogens is 2. The van der Waals surface area contributed by atoms with Crippen LogP contribution in [0.2, 0.25) is 0 Å². The van der Waals surface area contributed by atoms with E-state index in [1.807, 2.05) is 19.1 Å². The molecule has 1 aliphatic heterocycles. The van der Waals surface area contributed by atoms with Gasteiger partial charge in [0.2, 0.25) is 0 Å². The van der Waals surface area contributed by atoms with Gasteiger partial charge in [-0.25, -0.2) is 0 Å². The van der Waals surface area contributed by atoms with Gasteiger partial charge in [-0.2, -0.15) is 13.5 Å². The largest absolute Gasteiger partial charge is 0.307 e. The second kappa shape index (κ2) is 6.64. The number of fused-ring (bicyclic) bond motifs is 1. The molecule has 0 radical (unpaired) electrons. The molecule has 0 aliphatic carbocycles. The second-order valence-electron chi connectivity index (χ2n) is 6.36. The summed E-state index contributed by atoms with van der Waals surface area (Å²) in [6, 6.07) is 15.3. The molecule has 8 heteroatoms. The van der Waals surface area contributed by atoms with Crippen molar-refractivity contribution in [3.8, 4) is 0 Å². The molecule has 0 fully saturated rings. The van der Waals surface area contributed by atoms with Gasteiger partial charge in [0.15, 0.2) is 5.82 Å². The summed E-state index contributed by atoms with van der Waals surface area (Å²) in [7, 11) is -3.93. The molecule has 2 heterocycles. The summed E-state index contributed by atoms with van der Waals surface area (Å²) in [6.45, 7) is 2.73. The summed E-state index contributed by atoms with van der Waals surface area (Å²) in [4.78, 5) is 12.7. The van der Waals surface area contributed by atoms with E-state index >= 15 is 0 Å². The molecule has 0 spiro atoms. The van der Waals surface area contributed by atoms with Crippen molar-refractivity contribution in [1.29, 1.82) is 0 Å². The van der Waals surface area contributed by atoms with E-state index in [2.05, 4.69) is 15.7 Å². The lowest BCUT2D eigenvalue weighted by Crippen LogP contribution is -2.22. The number of rotatable bonds is 4. The first kappa shape index (κ1) is 17.4. The number of anilines is 1. The summed E-state index contributed by atoms with van der Waals surface area (Å²) in [5.41, 5.74) is 2.58. The van der Waals surface area contributed by atoms with Crippen LogP contribution in [0.15, 0.2) is 59.5 Å². The van der Waals surface area contributed by atoms with Gasteiger partial charge < -0.3 is 10.6 Å². The molecule has 1 aliphatic rings. The predicted octanol–water partition coefficient (Wildman–Crippen LogP) is 2.28. The molecule has 27 heavy (non-hydrogen) atoms. The highest BCUT2D eigenvalue weighted by atomic mass is 32.2. The number of nitrogens with one attached hydrogen (secondary N) is 2. The molecule has 0 saturated carbocycles. The topological polar surface area (TPSA) is 93.1 Å². The van der Waals surface area contributed by atoms with Crippen LogP contribution in [0.5, 0.6) is 0 Å². The smallest absolute Gasteiger partial charge is 0.284 e. The highest BCUT2D eigenvalue weighted by Gasteiger charge is 2.30. The summed E-state index contributed by atoms with van der Waals surface area (Å²) < 4.78 is 27.3. The second-order valence-corrected chi connectivity index (χ2v) is 8.13. The first-order valence-corrected chi connectivity index (χ1v) is 9.91. The van der Waals surface area contributed by atoms with Crippen LogP contribution in [0.25, 0.3) is 0 Å². The van der Waals surface area contributed by atoms with E-state index in [1.54, 1.807) is 36.4 Å². The lowest BCUT2D eigenvalue weighted by molar-refractivity contribution is 0.102. The Morgan fingerprint density at radius 1 is 1.11 bits per heavy atom. The molecule has 0 bridgehead atoms. The van der Waals surface area contributed by atoms with Crippen molar-refractivity contribution < 1.29 is 13.2 Å². The van der Waals surface area contributed by atoms with Crippen molar-refractivity contribution in [3.63, 3.8) is 0 Å². The number of benzene rings is 2. The summed E-state index contributed by atoms with van der Waals surface area (Å²) >= 11 is 0. The number of amides is 1. The fourth-order valence-corrected chi connectivity index (χ4v) is 4.44. The van der Waals surface area contributed by atoms with E-state index in [-0.39, 0.29) is 16.6 Å². The van der Waals surface area contributed by atoms with E-state index in [0.717, 1.165) is 9.65 Å². The Morgan fingerprint density at radius 3 is 2.63 bits per heavy atom. The van der Waals surface area contributed by atoms with Gasteiger partial charge in [-0.05, 0) is 36.8 Å². The minimum absolute atomic E-state index is 0.131. The van der Waals surface area contributed by atoms with Crippen LogP contribution >= 0.6 is 0 Å². The molecule has 3 aromatic rings. The molecule has 0 saturated heterocycles. The summed E-state index contributed by atoms with van der Waals surface area (Å²) in [6.07, 6.45) is 0. The van der Waals surface area contributed by atoms with Crippen molar-refractivity contribution in [2.45, 2.75) is 24.9 Å². The Balaban J connectivity index is 1.80. The molecule has 2 aromatic carbocycles. The average Bonchev–Trinajstić information content (AvgIpc) is 3.25. The molecule has 0 unspecified atom stereocenters. The minimum Gasteiger partial charge on any atom is -0.307 e. The minimum atomic E-state index is -3.93. The van der Waals surface area contributed by atoms with Gasteiger partial charge in [-0.1, -0.05) is 30.3 Å². The van der Waals surface area contributed by atoms with Crippen molar-refractivity contribution in [1.82, 2.24) is 14.5 Å². The number of hydrogen-bond donors (Lipinski definition) is 2. The van der Waals surface area contributed by atoms with Crippen LogP contribution in [0.3, 0.4) is 0 Å². The molecule has 0 atom stereocenters. The highest BCUT2D eigenvalue weighted by Crippen LogP contribution is 2.28. The molecule has 2 N–H and O–H groups in total. The maximum Gasteiger partial charge on any atom is 0.284 e. The standard InChI is InChI=1S/C19H18N4O3S/c1-13-6-5-9-15(10-13)27(25,26)23-18(16-11-20-12-17(16)22-23)21-19(24)14-7-3-2-4-8-14/h2-10,20H,11-12H2,1H3,(H,21,24). The van der Waals surface area contributed by atoms with Crippen molar-refractivity contribution in [2.75, 3.05) is 5.32 Å². The van der Waals surface area contributed by atoms with Gasteiger partial charge in [0, 0.05) is 24.2 Å². The lowest BCUT2D eigenvalue weighted by atomic mass is 10.2. The van der Waals surface area contributed by atoms with Crippen LogP contribution < -0.4 is 10.6 Å². The first-order chi connectivity index (χ1) is 13.0. The lowest BCUT2D eigenvalue weighted by Gasteiger charge is -2.12. The number of nitrogens with zero attached hydrogens (tertiary/aromatic N) is 2. The maximum atomic E-state index is 13.2. The first-order valence-electron chi connectivity index (χ1n) is 8.47. The molecule has 1 aromatic heterocycles.